The second-order valence-corrected chi connectivity index (χ2v) is 6.02. The van der Waals surface area contributed by atoms with Crippen LogP contribution in [0.1, 0.15) is 41.5 Å². The number of hydrogen-bond donors (Lipinski definition) is 1. The van der Waals surface area contributed by atoms with Crippen molar-refractivity contribution in [3.8, 4) is 0 Å². The molecule has 0 radical (unpaired) electrons. The van der Waals surface area contributed by atoms with Gasteiger partial charge in [-0.2, -0.15) is 0 Å². The van der Waals surface area contributed by atoms with Crippen molar-refractivity contribution in [2.24, 2.45) is 5.41 Å². The molecule has 0 aromatic carbocycles. The molecule has 1 atom stereocenters. The van der Waals surface area contributed by atoms with Crippen LogP contribution in [-0.4, -0.2) is 31.1 Å². The minimum Gasteiger partial charge on any atom is -0.383 e. The van der Waals surface area contributed by atoms with Gasteiger partial charge in [-0.15, -0.1) is 0 Å². The molecule has 0 aromatic heterocycles. The van der Waals surface area contributed by atoms with Crippen LogP contribution in [0, 0.1) is 5.41 Å². The number of hydrogen-bond acceptors (Lipinski definition) is 3. The Morgan fingerprint density at radius 1 is 1.20 bits per heavy atom. The van der Waals surface area contributed by atoms with Gasteiger partial charge in [0.1, 0.15) is 0 Å². The highest BCUT2D eigenvalue weighted by Gasteiger charge is 2.31. The van der Waals surface area contributed by atoms with Gasteiger partial charge in [-0.1, -0.05) is 20.8 Å². The molecular weight excluding hydrogens is 190 g/mol. The lowest BCUT2D eigenvalue weighted by atomic mass is 9.86. The SMILES string of the molecule is COCC(NC(C)(C)C)C(=O)C(C)(C)C. The first kappa shape index (κ1) is 14.6. The van der Waals surface area contributed by atoms with Gasteiger partial charge in [0.15, 0.2) is 5.78 Å². The number of ketones is 1. The summed E-state index contributed by atoms with van der Waals surface area (Å²) in [4.78, 5) is 12.1. The molecule has 3 heteroatoms. The average molecular weight is 215 g/mol. The Balaban J connectivity index is 4.60. The van der Waals surface area contributed by atoms with Crippen LogP contribution in [-0.2, 0) is 9.53 Å². The normalized spacial score (nSPS) is 15.1. The van der Waals surface area contributed by atoms with E-state index in [9.17, 15) is 4.79 Å². The van der Waals surface area contributed by atoms with Crippen LogP contribution < -0.4 is 5.32 Å². The molecule has 0 aliphatic carbocycles. The first-order valence-electron chi connectivity index (χ1n) is 5.39. The van der Waals surface area contributed by atoms with E-state index in [4.69, 9.17) is 4.74 Å². The van der Waals surface area contributed by atoms with Gasteiger partial charge >= 0.3 is 0 Å². The van der Waals surface area contributed by atoms with E-state index in [1.807, 2.05) is 41.5 Å². The molecule has 0 saturated carbocycles. The maximum absolute atomic E-state index is 12.1. The van der Waals surface area contributed by atoms with Gasteiger partial charge in [-0.3, -0.25) is 4.79 Å². The van der Waals surface area contributed by atoms with Crippen molar-refractivity contribution in [2.45, 2.75) is 53.1 Å². The lowest BCUT2D eigenvalue weighted by Gasteiger charge is -2.31. The summed E-state index contributed by atoms with van der Waals surface area (Å²) in [7, 11) is 1.62. The standard InChI is InChI=1S/C12H25NO2/c1-11(2,3)10(14)9(8-15-7)13-12(4,5)6/h9,13H,8H2,1-7H3. The molecule has 0 saturated heterocycles. The molecule has 3 nitrogen and oxygen atoms in total. The van der Waals surface area contributed by atoms with Crippen molar-refractivity contribution < 1.29 is 9.53 Å². The summed E-state index contributed by atoms with van der Waals surface area (Å²) in [5, 5.41) is 3.29. The third-order valence-electron chi connectivity index (χ3n) is 2.00. The molecule has 0 rings (SSSR count). The number of rotatable bonds is 4. The van der Waals surface area contributed by atoms with Gasteiger partial charge in [0.05, 0.1) is 12.6 Å². The third kappa shape index (κ3) is 5.90. The van der Waals surface area contributed by atoms with Crippen LogP contribution in [0.2, 0.25) is 0 Å². The molecule has 0 amide bonds. The van der Waals surface area contributed by atoms with E-state index in [1.54, 1.807) is 7.11 Å². The minimum atomic E-state index is -0.332. The summed E-state index contributed by atoms with van der Waals surface area (Å²) in [6.07, 6.45) is 0. The Bertz CT molecular complexity index is 211. The van der Waals surface area contributed by atoms with Crippen molar-refractivity contribution in [1.29, 1.82) is 0 Å². The van der Waals surface area contributed by atoms with Crippen LogP contribution in [0.15, 0.2) is 0 Å². The van der Waals surface area contributed by atoms with Gasteiger partial charge in [-0.25, -0.2) is 0 Å². The maximum Gasteiger partial charge on any atom is 0.157 e. The minimum absolute atomic E-state index is 0.0793. The van der Waals surface area contributed by atoms with Crippen LogP contribution >= 0.6 is 0 Å². The fourth-order valence-corrected chi connectivity index (χ4v) is 1.39. The van der Waals surface area contributed by atoms with E-state index in [1.165, 1.54) is 0 Å². The zero-order valence-electron chi connectivity index (χ0n) is 11.1. The Morgan fingerprint density at radius 2 is 1.67 bits per heavy atom. The van der Waals surface area contributed by atoms with E-state index >= 15 is 0 Å². The Labute approximate surface area is 93.6 Å². The number of nitrogens with one attached hydrogen (secondary N) is 1. The second kappa shape index (κ2) is 5.08. The number of carbonyl (C=O) groups is 1. The predicted octanol–water partition coefficient (Wildman–Crippen LogP) is 2.00. The van der Waals surface area contributed by atoms with Gasteiger partial charge in [0, 0.05) is 18.1 Å². The van der Waals surface area contributed by atoms with Crippen molar-refractivity contribution in [1.82, 2.24) is 5.32 Å². The quantitative estimate of drug-likeness (QED) is 0.779. The van der Waals surface area contributed by atoms with E-state index in [-0.39, 0.29) is 22.8 Å². The van der Waals surface area contributed by atoms with Crippen molar-refractivity contribution in [3.05, 3.63) is 0 Å². The monoisotopic (exact) mass is 215 g/mol. The topological polar surface area (TPSA) is 38.3 Å². The fraction of sp³-hybridized carbons (Fsp3) is 0.917. The van der Waals surface area contributed by atoms with E-state index in [0.29, 0.717) is 6.61 Å². The third-order valence-corrected chi connectivity index (χ3v) is 2.00. The molecule has 0 aliphatic heterocycles. The first-order valence-corrected chi connectivity index (χ1v) is 5.39. The number of carbonyl (C=O) groups excluding carboxylic acids is 1. The molecule has 0 aromatic rings. The van der Waals surface area contributed by atoms with Crippen LogP contribution in [0.25, 0.3) is 0 Å². The van der Waals surface area contributed by atoms with Crippen LogP contribution in [0.5, 0.6) is 0 Å². The summed E-state index contributed by atoms with van der Waals surface area (Å²) in [6.45, 7) is 12.4. The zero-order valence-corrected chi connectivity index (χ0v) is 11.1. The highest BCUT2D eigenvalue weighted by molar-refractivity contribution is 5.88. The van der Waals surface area contributed by atoms with E-state index in [2.05, 4.69) is 5.32 Å². The number of Topliss-reactive ketones (excluding diaryl/α,β-unsaturated/α-hetero) is 1. The highest BCUT2D eigenvalue weighted by Crippen LogP contribution is 2.18. The van der Waals surface area contributed by atoms with Gasteiger partial charge < -0.3 is 10.1 Å². The molecule has 0 bridgehead atoms. The number of ether oxygens (including phenoxy) is 1. The van der Waals surface area contributed by atoms with Gasteiger partial charge in [0.2, 0.25) is 0 Å². The molecule has 1 unspecified atom stereocenters. The van der Waals surface area contributed by atoms with Gasteiger partial charge in [0.25, 0.3) is 0 Å². The predicted molar refractivity (Wildman–Crippen MR) is 63.0 cm³/mol. The van der Waals surface area contributed by atoms with Crippen molar-refractivity contribution >= 4 is 5.78 Å². The summed E-state index contributed by atoms with van der Waals surface area (Å²) in [5.74, 6) is 0.194. The maximum atomic E-state index is 12.1. The van der Waals surface area contributed by atoms with Crippen molar-refractivity contribution in [2.75, 3.05) is 13.7 Å². The van der Waals surface area contributed by atoms with E-state index < -0.39 is 0 Å². The van der Waals surface area contributed by atoms with Crippen LogP contribution in [0.3, 0.4) is 0 Å². The molecule has 1 N–H and O–H groups in total. The lowest BCUT2D eigenvalue weighted by molar-refractivity contribution is -0.130. The summed E-state index contributed by atoms with van der Waals surface area (Å²) in [5.41, 5.74) is -0.411. The summed E-state index contributed by atoms with van der Waals surface area (Å²) < 4.78 is 5.08. The largest absolute Gasteiger partial charge is 0.383 e. The van der Waals surface area contributed by atoms with Crippen LogP contribution in [0.4, 0.5) is 0 Å². The molecule has 0 spiro atoms. The Kier molecular flexibility index (Phi) is 4.94. The van der Waals surface area contributed by atoms with E-state index in [0.717, 1.165) is 0 Å². The molecular formula is C12H25NO2. The molecule has 0 fully saturated rings. The first-order chi connectivity index (χ1) is 6.58. The zero-order chi connectivity index (χ0) is 12.3. The average Bonchev–Trinajstić information content (AvgIpc) is 1.98. The molecule has 90 valence electrons. The second-order valence-electron chi connectivity index (χ2n) is 6.02. The highest BCUT2D eigenvalue weighted by atomic mass is 16.5. The Morgan fingerprint density at radius 3 is 1.93 bits per heavy atom. The molecule has 0 aliphatic rings. The van der Waals surface area contributed by atoms with Gasteiger partial charge in [-0.05, 0) is 20.8 Å². The Hall–Kier alpha value is -0.410. The fourth-order valence-electron chi connectivity index (χ4n) is 1.39. The summed E-state index contributed by atoms with van der Waals surface area (Å²) in [6, 6.07) is -0.227. The smallest absolute Gasteiger partial charge is 0.157 e. The van der Waals surface area contributed by atoms with Crippen molar-refractivity contribution in [3.63, 3.8) is 0 Å². The lowest BCUT2D eigenvalue weighted by Crippen LogP contribution is -2.52. The molecule has 0 heterocycles. The molecule has 15 heavy (non-hydrogen) atoms. The summed E-state index contributed by atoms with van der Waals surface area (Å²) >= 11 is 0. The number of methoxy groups -OCH3 is 1.